The fourth-order valence-electron chi connectivity index (χ4n) is 4.37. The number of Topliss-reactive ketones (excluding diaryl/α,β-unsaturated/α-hetero) is 2. The van der Waals surface area contributed by atoms with Crippen molar-refractivity contribution in [2.45, 2.75) is 39.5 Å². The third kappa shape index (κ3) is 5.57. The molecule has 1 amide bonds. The van der Waals surface area contributed by atoms with Gasteiger partial charge >= 0.3 is 0 Å². The highest BCUT2D eigenvalue weighted by Crippen LogP contribution is 2.38. The molecule has 1 N–H and O–H groups in total. The molecule has 1 aromatic carbocycles. The first-order valence-electron chi connectivity index (χ1n) is 11.1. The lowest BCUT2D eigenvalue weighted by atomic mass is 9.85. The number of amides is 1. The van der Waals surface area contributed by atoms with Crippen LogP contribution in [-0.2, 0) is 14.4 Å². The topological polar surface area (TPSA) is 88.5 Å². The summed E-state index contributed by atoms with van der Waals surface area (Å²) in [6.45, 7) is 9.35. The standard InChI is InChI=1S/C27H28ClN3O3/c1-5-6-7-22(29-4)27(34)30-11-10-18-14-23(32)25(26(18)33)24-16(2)12-19(13-17(24)3)21-9-8-20(28)15-31-21/h5-9,12-13,15,18,25H,4,10-11,14H2,1-3H3,(H,30,34)/b6-5-,22-7-. The summed E-state index contributed by atoms with van der Waals surface area (Å²) >= 11 is 5.94. The first kappa shape index (κ1) is 25.2. The van der Waals surface area contributed by atoms with Crippen molar-refractivity contribution in [2.24, 2.45) is 10.9 Å². The average Bonchev–Trinajstić information content (AvgIpc) is 3.07. The molecule has 0 saturated heterocycles. The van der Waals surface area contributed by atoms with Crippen LogP contribution in [0, 0.1) is 19.8 Å². The predicted octanol–water partition coefficient (Wildman–Crippen LogP) is 4.93. The molecule has 2 atom stereocenters. The number of nitrogens with one attached hydrogen (secondary N) is 1. The number of nitrogens with zero attached hydrogens (tertiary/aromatic N) is 2. The van der Waals surface area contributed by atoms with Crippen LogP contribution >= 0.6 is 11.6 Å². The number of halogens is 1. The van der Waals surface area contributed by atoms with Gasteiger partial charge in [0.05, 0.1) is 10.7 Å². The lowest BCUT2D eigenvalue weighted by Crippen LogP contribution is -2.28. The Bertz CT molecular complexity index is 1160. The molecular formula is C27H28ClN3O3. The number of aromatic nitrogens is 1. The first-order chi connectivity index (χ1) is 16.3. The number of carbonyl (C=O) groups is 3. The van der Waals surface area contributed by atoms with Crippen LogP contribution < -0.4 is 5.32 Å². The molecule has 6 nitrogen and oxygen atoms in total. The zero-order valence-electron chi connectivity index (χ0n) is 19.6. The molecule has 1 heterocycles. The van der Waals surface area contributed by atoms with E-state index >= 15 is 0 Å². The van der Waals surface area contributed by atoms with E-state index in [1.807, 2.05) is 39.0 Å². The van der Waals surface area contributed by atoms with Crippen LogP contribution in [-0.4, -0.2) is 35.7 Å². The van der Waals surface area contributed by atoms with Gasteiger partial charge in [0, 0.05) is 30.6 Å². The van der Waals surface area contributed by atoms with Gasteiger partial charge in [-0.15, -0.1) is 0 Å². The summed E-state index contributed by atoms with van der Waals surface area (Å²) in [5.74, 6) is -1.72. The van der Waals surface area contributed by atoms with Crippen LogP contribution in [0.25, 0.3) is 11.3 Å². The van der Waals surface area contributed by atoms with Gasteiger partial charge in [0.2, 0.25) is 0 Å². The monoisotopic (exact) mass is 477 g/mol. The molecule has 1 fully saturated rings. The molecule has 1 saturated carbocycles. The van der Waals surface area contributed by atoms with Gasteiger partial charge in [-0.2, -0.15) is 0 Å². The number of rotatable bonds is 8. The summed E-state index contributed by atoms with van der Waals surface area (Å²) in [6, 6.07) is 7.52. The smallest absolute Gasteiger partial charge is 0.269 e. The van der Waals surface area contributed by atoms with Crippen LogP contribution in [0.5, 0.6) is 0 Å². The Kier molecular flexibility index (Phi) is 8.29. The van der Waals surface area contributed by atoms with Gasteiger partial charge in [-0.25, -0.2) is 0 Å². The summed E-state index contributed by atoms with van der Waals surface area (Å²) in [4.78, 5) is 46.4. The maximum atomic E-state index is 13.2. The van der Waals surface area contributed by atoms with Crippen molar-refractivity contribution < 1.29 is 14.4 Å². The summed E-state index contributed by atoms with van der Waals surface area (Å²) in [6.07, 6.45) is 7.21. The third-order valence-electron chi connectivity index (χ3n) is 5.99. The molecule has 176 valence electrons. The van der Waals surface area contributed by atoms with E-state index in [1.165, 1.54) is 0 Å². The highest BCUT2D eigenvalue weighted by molar-refractivity contribution is 6.30. The van der Waals surface area contributed by atoms with Crippen LogP contribution in [0.3, 0.4) is 0 Å². The van der Waals surface area contributed by atoms with E-state index < -0.39 is 11.8 Å². The van der Waals surface area contributed by atoms with E-state index in [4.69, 9.17) is 11.6 Å². The summed E-state index contributed by atoms with van der Waals surface area (Å²) in [7, 11) is 0. The molecule has 1 aliphatic rings. The Labute approximate surface area is 204 Å². The quantitative estimate of drug-likeness (QED) is 0.253. The number of hydrogen-bond acceptors (Lipinski definition) is 5. The molecular weight excluding hydrogens is 450 g/mol. The van der Waals surface area contributed by atoms with E-state index in [-0.39, 0.29) is 36.1 Å². The molecule has 2 aromatic rings. The number of carbonyl (C=O) groups excluding carboxylic acids is 3. The SMILES string of the molecule is C=N/C(=C\C=C/C)C(=O)NCCC1CC(=O)C(c2c(C)cc(-c3ccc(Cl)cn3)cc2C)C1=O. The van der Waals surface area contributed by atoms with Crippen molar-refractivity contribution in [3.8, 4) is 11.3 Å². The van der Waals surface area contributed by atoms with Gasteiger partial charge in [0.15, 0.2) is 5.78 Å². The molecule has 0 radical (unpaired) electrons. The van der Waals surface area contributed by atoms with Crippen molar-refractivity contribution in [3.05, 3.63) is 76.1 Å². The van der Waals surface area contributed by atoms with Crippen molar-refractivity contribution in [3.63, 3.8) is 0 Å². The van der Waals surface area contributed by atoms with Gasteiger partial charge in [0.1, 0.15) is 17.4 Å². The molecule has 7 heteroatoms. The Balaban J connectivity index is 1.72. The molecule has 1 aliphatic carbocycles. The lowest BCUT2D eigenvalue weighted by molar-refractivity contribution is -0.125. The number of ketones is 2. The maximum Gasteiger partial charge on any atom is 0.269 e. The van der Waals surface area contributed by atoms with Crippen molar-refractivity contribution in [2.75, 3.05) is 6.54 Å². The van der Waals surface area contributed by atoms with Gasteiger partial charge < -0.3 is 5.32 Å². The second-order valence-corrected chi connectivity index (χ2v) is 8.80. The van der Waals surface area contributed by atoms with E-state index in [9.17, 15) is 14.4 Å². The average molecular weight is 478 g/mol. The zero-order valence-corrected chi connectivity index (χ0v) is 20.4. The number of pyridine rings is 1. The predicted molar refractivity (Wildman–Crippen MR) is 135 cm³/mol. The number of aryl methyl sites for hydroxylation is 2. The maximum absolute atomic E-state index is 13.2. The number of hydrogen-bond donors (Lipinski definition) is 1. The zero-order chi connectivity index (χ0) is 24.8. The molecule has 3 rings (SSSR count). The molecule has 0 bridgehead atoms. The molecule has 2 unspecified atom stereocenters. The van der Waals surface area contributed by atoms with Crippen LogP contribution in [0.15, 0.2) is 59.4 Å². The molecule has 34 heavy (non-hydrogen) atoms. The van der Waals surface area contributed by atoms with Crippen LogP contribution in [0.4, 0.5) is 0 Å². The normalized spacial score (nSPS) is 18.5. The Morgan fingerprint density at radius 2 is 1.97 bits per heavy atom. The molecule has 0 aliphatic heterocycles. The second-order valence-electron chi connectivity index (χ2n) is 8.37. The Morgan fingerprint density at radius 3 is 2.56 bits per heavy atom. The first-order valence-corrected chi connectivity index (χ1v) is 11.5. The number of benzene rings is 1. The minimum absolute atomic E-state index is 0.0775. The van der Waals surface area contributed by atoms with Crippen molar-refractivity contribution in [1.82, 2.24) is 10.3 Å². The molecule has 1 aromatic heterocycles. The fraction of sp³-hybridized carbons (Fsp3) is 0.296. The van der Waals surface area contributed by atoms with Gasteiger partial charge in [-0.3, -0.25) is 24.4 Å². The van der Waals surface area contributed by atoms with E-state index in [2.05, 4.69) is 22.0 Å². The third-order valence-corrected chi connectivity index (χ3v) is 6.21. The Hall–Kier alpha value is -3.38. The van der Waals surface area contributed by atoms with Gasteiger partial charge in [-0.05, 0) is 80.9 Å². The van der Waals surface area contributed by atoms with Gasteiger partial charge in [0.25, 0.3) is 5.91 Å². The van der Waals surface area contributed by atoms with Gasteiger partial charge in [-0.1, -0.05) is 23.8 Å². The second kappa shape index (κ2) is 11.2. The lowest BCUT2D eigenvalue weighted by Gasteiger charge is -2.17. The van der Waals surface area contributed by atoms with Crippen LogP contribution in [0.2, 0.25) is 5.02 Å². The highest BCUT2D eigenvalue weighted by atomic mass is 35.5. The minimum Gasteiger partial charge on any atom is -0.351 e. The Morgan fingerprint density at radius 1 is 1.26 bits per heavy atom. The number of allylic oxidation sites excluding steroid dienone is 3. The van der Waals surface area contributed by atoms with E-state index in [1.54, 1.807) is 30.5 Å². The van der Waals surface area contributed by atoms with Crippen molar-refractivity contribution in [1.29, 1.82) is 0 Å². The van der Waals surface area contributed by atoms with E-state index in [0.29, 0.717) is 11.4 Å². The summed E-state index contributed by atoms with van der Waals surface area (Å²) in [5, 5.41) is 3.32. The minimum atomic E-state index is -0.770. The fourth-order valence-corrected chi connectivity index (χ4v) is 4.48. The van der Waals surface area contributed by atoms with Crippen LogP contribution in [0.1, 0.15) is 42.4 Å². The van der Waals surface area contributed by atoms with Crippen molar-refractivity contribution >= 4 is 35.8 Å². The largest absolute Gasteiger partial charge is 0.351 e. The van der Waals surface area contributed by atoms with E-state index in [0.717, 1.165) is 27.9 Å². The summed E-state index contributed by atoms with van der Waals surface area (Å²) < 4.78 is 0. The molecule has 0 spiro atoms. The number of aliphatic imine (C=N–C) groups is 1. The highest BCUT2D eigenvalue weighted by Gasteiger charge is 2.42. The summed E-state index contributed by atoms with van der Waals surface area (Å²) in [5.41, 5.74) is 4.41.